The fourth-order valence-electron chi connectivity index (χ4n) is 2.45. The van der Waals surface area contributed by atoms with E-state index >= 15 is 0 Å². The van der Waals surface area contributed by atoms with E-state index in [-0.39, 0.29) is 16.6 Å². The molecule has 0 atom stereocenters. The van der Waals surface area contributed by atoms with Gasteiger partial charge in [-0.3, -0.25) is 4.57 Å². The second-order valence-corrected chi connectivity index (χ2v) is 9.75. The second-order valence-electron chi connectivity index (χ2n) is 7.72. The summed E-state index contributed by atoms with van der Waals surface area (Å²) in [5.41, 5.74) is 0.922. The van der Waals surface area contributed by atoms with Crippen LogP contribution < -0.4 is 5.30 Å². The zero-order valence-corrected chi connectivity index (χ0v) is 16.6. The number of phenolic OH excluding ortho intramolecular Hbond substituents is 1. The maximum Gasteiger partial charge on any atom is 0.361 e. The van der Waals surface area contributed by atoms with E-state index in [1.54, 1.807) is 26.0 Å². The quantitative estimate of drug-likeness (QED) is 0.775. The Morgan fingerprint density at radius 3 is 1.52 bits per heavy atom. The third kappa shape index (κ3) is 4.59. The van der Waals surface area contributed by atoms with Crippen LogP contribution in [0.4, 0.5) is 0 Å². The van der Waals surface area contributed by atoms with E-state index in [0.29, 0.717) is 18.5 Å². The van der Waals surface area contributed by atoms with Gasteiger partial charge < -0.3 is 14.2 Å². The lowest BCUT2D eigenvalue weighted by Crippen LogP contribution is -2.22. The van der Waals surface area contributed by atoms with E-state index in [2.05, 4.69) is 0 Å². The molecule has 0 amide bonds. The summed E-state index contributed by atoms with van der Waals surface area (Å²) >= 11 is 0. The van der Waals surface area contributed by atoms with Crippen LogP contribution in [0.25, 0.3) is 0 Å². The van der Waals surface area contributed by atoms with E-state index < -0.39 is 7.60 Å². The maximum atomic E-state index is 13.2. The molecule has 0 aromatic heterocycles. The van der Waals surface area contributed by atoms with Crippen molar-refractivity contribution >= 4 is 12.9 Å². The van der Waals surface area contributed by atoms with Gasteiger partial charge in [0, 0.05) is 11.1 Å². The molecule has 0 bridgehead atoms. The standard InChI is InChI=1S/C18H31O4P/c1-9-21-23(20,22-10-2)13-11-14(17(3,4)5)16(19)15(12-13)18(6,7)8/h11-12,19H,9-10H2,1-8H3. The molecule has 23 heavy (non-hydrogen) atoms. The van der Waals surface area contributed by atoms with Crippen LogP contribution in [-0.4, -0.2) is 18.3 Å². The lowest BCUT2D eigenvalue weighted by Gasteiger charge is -2.29. The van der Waals surface area contributed by atoms with Gasteiger partial charge in [-0.15, -0.1) is 0 Å². The zero-order chi connectivity index (χ0) is 18.1. The highest BCUT2D eigenvalue weighted by molar-refractivity contribution is 7.62. The SMILES string of the molecule is CCOP(=O)(OCC)c1cc(C(C)(C)C)c(O)c(C(C)(C)C)c1. The minimum absolute atomic E-state index is 0.258. The molecule has 4 nitrogen and oxygen atoms in total. The predicted octanol–water partition coefficient (Wildman–Crippen LogP) is 4.88. The minimum Gasteiger partial charge on any atom is -0.507 e. The number of phenols is 1. The van der Waals surface area contributed by atoms with Crippen molar-refractivity contribution in [3.63, 3.8) is 0 Å². The van der Waals surface area contributed by atoms with Crippen LogP contribution >= 0.6 is 7.60 Å². The molecule has 0 saturated heterocycles. The van der Waals surface area contributed by atoms with Gasteiger partial charge in [0.05, 0.1) is 18.5 Å². The fourth-order valence-corrected chi connectivity index (χ4v) is 4.07. The van der Waals surface area contributed by atoms with Crippen molar-refractivity contribution in [2.24, 2.45) is 0 Å². The molecule has 0 aliphatic rings. The van der Waals surface area contributed by atoms with Gasteiger partial charge in [0.15, 0.2) is 0 Å². The first-order valence-electron chi connectivity index (χ1n) is 8.14. The highest BCUT2D eigenvalue weighted by Gasteiger charge is 2.33. The predicted molar refractivity (Wildman–Crippen MR) is 96.0 cm³/mol. The largest absolute Gasteiger partial charge is 0.507 e. The lowest BCUT2D eigenvalue weighted by molar-refractivity contribution is 0.230. The lowest BCUT2D eigenvalue weighted by atomic mass is 9.79. The Bertz CT molecular complexity index is 549. The van der Waals surface area contributed by atoms with Crippen molar-refractivity contribution in [2.45, 2.75) is 66.2 Å². The molecular weight excluding hydrogens is 311 g/mol. The molecule has 1 N–H and O–H groups in total. The van der Waals surface area contributed by atoms with Crippen LogP contribution in [0.2, 0.25) is 0 Å². The Labute approximate surface area is 140 Å². The van der Waals surface area contributed by atoms with Crippen LogP contribution in [0.5, 0.6) is 5.75 Å². The van der Waals surface area contributed by atoms with Crippen LogP contribution in [0.3, 0.4) is 0 Å². The zero-order valence-electron chi connectivity index (χ0n) is 15.7. The average Bonchev–Trinajstić information content (AvgIpc) is 2.36. The highest BCUT2D eigenvalue weighted by atomic mass is 31.2. The molecule has 0 fully saturated rings. The van der Waals surface area contributed by atoms with E-state index in [9.17, 15) is 9.67 Å². The normalized spacial score (nSPS) is 13.4. The van der Waals surface area contributed by atoms with Gasteiger partial charge in [-0.25, -0.2) is 0 Å². The van der Waals surface area contributed by atoms with Crippen molar-refractivity contribution in [2.75, 3.05) is 13.2 Å². The highest BCUT2D eigenvalue weighted by Crippen LogP contribution is 2.49. The molecule has 132 valence electrons. The van der Waals surface area contributed by atoms with Crippen molar-refractivity contribution in [3.8, 4) is 5.75 Å². The van der Waals surface area contributed by atoms with Crippen molar-refractivity contribution in [1.82, 2.24) is 0 Å². The van der Waals surface area contributed by atoms with Crippen LogP contribution in [0.1, 0.15) is 66.5 Å². The third-order valence-electron chi connectivity index (χ3n) is 3.63. The Kier molecular flexibility index (Phi) is 6.12. The monoisotopic (exact) mass is 342 g/mol. The summed E-state index contributed by atoms with van der Waals surface area (Å²) in [7, 11) is -3.40. The third-order valence-corrected chi connectivity index (χ3v) is 5.71. The molecule has 1 rings (SSSR count). The summed E-state index contributed by atoms with van der Waals surface area (Å²) < 4.78 is 24.1. The maximum absolute atomic E-state index is 13.2. The van der Waals surface area contributed by atoms with Gasteiger partial charge in [0.2, 0.25) is 0 Å². The van der Waals surface area contributed by atoms with Gasteiger partial charge in [-0.1, -0.05) is 41.5 Å². The first kappa shape index (κ1) is 20.2. The van der Waals surface area contributed by atoms with Gasteiger partial charge in [-0.05, 0) is 36.8 Å². The number of aromatic hydroxyl groups is 1. The van der Waals surface area contributed by atoms with E-state index in [0.717, 1.165) is 11.1 Å². The molecular formula is C18H31O4P. The number of benzene rings is 1. The number of rotatable bonds is 5. The number of hydrogen-bond donors (Lipinski definition) is 1. The second kappa shape index (κ2) is 6.96. The van der Waals surface area contributed by atoms with Gasteiger partial charge in [-0.2, -0.15) is 0 Å². The van der Waals surface area contributed by atoms with Crippen molar-refractivity contribution < 1.29 is 18.7 Å². The van der Waals surface area contributed by atoms with E-state index in [1.165, 1.54) is 0 Å². The molecule has 0 radical (unpaired) electrons. The molecule has 0 spiro atoms. The molecule has 1 aromatic carbocycles. The molecule has 1 aromatic rings. The van der Waals surface area contributed by atoms with Crippen molar-refractivity contribution in [3.05, 3.63) is 23.3 Å². The number of hydrogen-bond acceptors (Lipinski definition) is 4. The summed E-state index contributed by atoms with van der Waals surface area (Å²) in [6.07, 6.45) is 0. The van der Waals surface area contributed by atoms with Crippen LogP contribution in [-0.2, 0) is 24.4 Å². The summed E-state index contributed by atoms with van der Waals surface area (Å²) in [5, 5.41) is 11.2. The Hall–Kier alpha value is -0.830. The molecule has 0 saturated carbocycles. The minimum atomic E-state index is -3.40. The van der Waals surface area contributed by atoms with Crippen LogP contribution in [0.15, 0.2) is 12.1 Å². The summed E-state index contributed by atoms with van der Waals surface area (Å²) in [4.78, 5) is 0. The summed E-state index contributed by atoms with van der Waals surface area (Å²) in [5.74, 6) is 0.258. The topological polar surface area (TPSA) is 55.8 Å². The smallest absolute Gasteiger partial charge is 0.361 e. The summed E-state index contributed by atoms with van der Waals surface area (Å²) in [6, 6.07) is 3.52. The molecule has 5 heteroatoms. The summed E-state index contributed by atoms with van der Waals surface area (Å²) in [6.45, 7) is 16.3. The van der Waals surface area contributed by atoms with E-state index in [4.69, 9.17) is 9.05 Å². The first-order chi connectivity index (χ1) is 10.4. The van der Waals surface area contributed by atoms with Gasteiger partial charge in [0.25, 0.3) is 0 Å². The Morgan fingerprint density at radius 2 is 1.26 bits per heavy atom. The van der Waals surface area contributed by atoms with Gasteiger partial charge >= 0.3 is 7.60 Å². The van der Waals surface area contributed by atoms with Crippen molar-refractivity contribution in [1.29, 1.82) is 0 Å². The molecule has 0 aliphatic carbocycles. The first-order valence-corrected chi connectivity index (χ1v) is 9.68. The average molecular weight is 342 g/mol. The molecule has 0 unspecified atom stereocenters. The Balaban J connectivity index is 3.71. The molecule has 0 heterocycles. The Morgan fingerprint density at radius 1 is 0.913 bits per heavy atom. The fraction of sp³-hybridized carbons (Fsp3) is 0.667. The van der Waals surface area contributed by atoms with Gasteiger partial charge in [0.1, 0.15) is 5.75 Å². The molecule has 0 aliphatic heterocycles. The van der Waals surface area contributed by atoms with E-state index in [1.807, 2.05) is 41.5 Å². The van der Waals surface area contributed by atoms with Crippen LogP contribution in [0, 0.1) is 0 Å².